The van der Waals surface area contributed by atoms with Gasteiger partial charge in [0.15, 0.2) is 0 Å². The van der Waals surface area contributed by atoms with Crippen molar-refractivity contribution in [2.45, 2.75) is 50.6 Å². The van der Waals surface area contributed by atoms with Gasteiger partial charge in [0.25, 0.3) is 0 Å². The van der Waals surface area contributed by atoms with E-state index in [-0.39, 0.29) is 6.42 Å². The predicted molar refractivity (Wildman–Crippen MR) is 82.8 cm³/mol. The topological polar surface area (TPSA) is 122 Å². The molecule has 0 aliphatic heterocycles. The first-order valence-electron chi connectivity index (χ1n) is 7.06. The number of carbonyl (C=O) groups excluding carboxylic acids is 2. The van der Waals surface area contributed by atoms with Crippen molar-refractivity contribution >= 4 is 19.1 Å². The maximum Gasteiger partial charge on any atom is 0.462 e. The molecule has 5 N–H and O–H groups in total. The van der Waals surface area contributed by atoms with Crippen LogP contribution in [0.4, 0.5) is 4.79 Å². The summed E-state index contributed by atoms with van der Waals surface area (Å²) in [5.41, 5.74) is 5.05. The van der Waals surface area contributed by atoms with E-state index in [4.69, 9.17) is 10.5 Å². The van der Waals surface area contributed by atoms with Crippen LogP contribution < -0.4 is 11.1 Å². The number of hydrogen-bond donors (Lipinski definition) is 4. The van der Waals surface area contributed by atoms with E-state index in [1.807, 2.05) is 0 Å². The number of carbonyl (C=O) groups is 2. The largest absolute Gasteiger partial charge is 0.462 e. The Kier molecular flexibility index (Phi) is 5.93. The van der Waals surface area contributed by atoms with E-state index < -0.39 is 36.1 Å². The maximum atomic E-state index is 11.9. The molecule has 1 aliphatic rings. The van der Waals surface area contributed by atoms with Crippen LogP contribution in [-0.4, -0.2) is 40.8 Å². The zero-order valence-electron chi connectivity index (χ0n) is 13.1. The Labute approximate surface area is 130 Å². The SMILES string of the molecule is CC(C)(C)OC(=O)NC(=O)[C@@H](N)CC1(B(O)O)C=CC=CC1. The third-order valence-electron chi connectivity index (χ3n) is 3.25. The molecule has 0 spiro atoms. The fourth-order valence-corrected chi connectivity index (χ4v) is 2.13. The van der Waals surface area contributed by atoms with Gasteiger partial charge in [-0.2, -0.15) is 0 Å². The molecular weight excluding hydrogens is 287 g/mol. The molecule has 0 saturated carbocycles. The highest BCUT2D eigenvalue weighted by molar-refractivity contribution is 6.46. The molecule has 8 heteroatoms. The van der Waals surface area contributed by atoms with Gasteiger partial charge in [-0.05, 0) is 33.6 Å². The minimum atomic E-state index is -1.66. The number of hydrogen-bond acceptors (Lipinski definition) is 6. The summed E-state index contributed by atoms with van der Waals surface area (Å²) in [6.07, 6.45) is 6.25. The van der Waals surface area contributed by atoms with E-state index in [0.717, 1.165) is 0 Å². The number of ether oxygens (including phenoxy) is 1. The van der Waals surface area contributed by atoms with Crippen LogP contribution in [0.5, 0.6) is 0 Å². The lowest BCUT2D eigenvalue weighted by Gasteiger charge is -2.32. The fourth-order valence-electron chi connectivity index (χ4n) is 2.13. The van der Waals surface area contributed by atoms with E-state index in [2.05, 4.69) is 5.32 Å². The predicted octanol–water partition coefficient (Wildman–Crippen LogP) is 0.484. The van der Waals surface area contributed by atoms with Crippen LogP contribution in [-0.2, 0) is 9.53 Å². The molecule has 122 valence electrons. The number of amides is 2. The zero-order valence-corrected chi connectivity index (χ0v) is 13.1. The monoisotopic (exact) mass is 310 g/mol. The summed E-state index contributed by atoms with van der Waals surface area (Å²) in [6.45, 7) is 5.02. The summed E-state index contributed by atoms with van der Waals surface area (Å²) >= 11 is 0. The summed E-state index contributed by atoms with van der Waals surface area (Å²) in [4.78, 5) is 23.5. The maximum absolute atomic E-state index is 11.9. The van der Waals surface area contributed by atoms with Crippen molar-refractivity contribution in [3.8, 4) is 0 Å². The standard InChI is InChI=1S/C14H23BN2O5/c1-13(2,3)22-12(19)17-11(18)10(16)9-14(15(20)21)7-5-4-6-8-14/h4-7,10,20-21H,8-9,16H2,1-3H3,(H,17,18,19)/t10-,14?/m0/s1. The number of nitrogens with one attached hydrogen (secondary N) is 1. The summed E-state index contributed by atoms with van der Waals surface area (Å²) in [6, 6.07) is -1.08. The highest BCUT2D eigenvalue weighted by atomic mass is 16.6. The minimum Gasteiger partial charge on any atom is -0.444 e. The van der Waals surface area contributed by atoms with E-state index in [9.17, 15) is 19.6 Å². The first kappa shape index (κ1) is 18.4. The zero-order chi connectivity index (χ0) is 17.0. The fraction of sp³-hybridized carbons (Fsp3) is 0.571. The molecule has 1 aliphatic carbocycles. The van der Waals surface area contributed by atoms with Gasteiger partial charge in [-0.1, -0.05) is 24.3 Å². The first-order chi connectivity index (χ1) is 10.1. The average molecular weight is 310 g/mol. The quantitative estimate of drug-likeness (QED) is 0.560. The van der Waals surface area contributed by atoms with Crippen molar-refractivity contribution in [3.05, 3.63) is 24.3 Å². The van der Waals surface area contributed by atoms with Gasteiger partial charge < -0.3 is 20.5 Å². The van der Waals surface area contributed by atoms with Gasteiger partial charge in [0.1, 0.15) is 5.60 Å². The molecule has 0 aromatic rings. The summed E-state index contributed by atoms with van der Waals surface area (Å²) < 4.78 is 4.97. The van der Waals surface area contributed by atoms with Gasteiger partial charge in [0.05, 0.1) is 6.04 Å². The van der Waals surface area contributed by atoms with Crippen molar-refractivity contribution in [1.29, 1.82) is 0 Å². The van der Waals surface area contributed by atoms with E-state index >= 15 is 0 Å². The molecule has 0 saturated heterocycles. The molecule has 2 amide bonds. The minimum absolute atomic E-state index is 0.0138. The van der Waals surface area contributed by atoms with Crippen molar-refractivity contribution in [3.63, 3.8) is 0 Å². The molecule has 2 atom stereocenters. The van der Waals surface area contributed by atoms with Crippen LogP contribution in [0.2, 0.25) is 5.31 Å². The average Bonchev–Trinajstić information content (AvgIpc) is 2.37. The Morgan fingerprint density at radius 3 is 2.50 bits per heavy atom. The van der Waals surface area contributed by atoms with Gasteiger partial charge in [-0.15, -0.1) is 0 Å². The van der Waals surface area contributed by atoms with Gasteiger partial charge in [0, 0.05) is 5.31 Å². The molecular formula is C14H23BN2O5. The highest BCUT2D eigenvalue weighted by Crippen LogP contribution is 2.41. The number of rotatable bonds is 4. The second-order valence-corrected chi connectivity index (χ2v) is 6.40. The van der Waals surface area contributed by atoms with Gasteiger partial charge in [0.2, 0.25) is 5.91 Å². The van der Waals surface area contributed by atoms with Crippen molar-refractivity contribution in [2.75, 3.05) is 0 Å². The Balaban J connectivity index is 2.65. The third kappa shape index (κ3) is 5.29. The number of allylic oxidation sites excluding steroid dienone is 4. The second kappa shape index (κ2) is 7.08. The molecule has 0 bridgehead atoms. The van der Waals surface area contributed by atoms with Crippen LogP contribution >= 0.6 is 0 Å². The molecule has 22 heavy (non-hydrogen) atoms. The van der Waals surface area contributed by atoms with Crippen LogP contribution in [0.15, 0.2) is 24.3 Å². The molecule has 0 aromatic carbocycles. The van der Waals surface area contributed by atoms with Crippen molar-refractivity contribution in [2.24, 2.45) is 5.73 Å². The number of imide groups is 1. The molecule has 0 heterocycles. The van der Waals surface area contributed by atoms with Crippen LogP contribution in [0.3, 0.4) is 0 Å². The van der Waals surface area contributed by atoms with Gasteiger partial charge >= 0.3 is 13.2 Å². The van der Waals surface area contributed by atoms with Gasteiger partial charge in [-0.3, -0.25) is 10.1 Å². The van der Waals surface area contributed by atoms with Crippen molar-refractivity contribution < 1.29 is 24.4 Å². The summed E-state index contributed by atoms with van der Waals surface area (Å²) in [5.74, 6) is -0.725. The summed E-state index contributed by atoms with van der Waals surface area (Å²) in [5, 5.41) is 20.2. The lowest BCUT2D eigenvalue weighted by Crippen LogP contribution is -2.48. The van der Waals surface area contributed by atoms with E-state index in [0.29, 0.717) is 6.42 Å². The van der Waals surface area contributed by atoms with E-state index in [1.165, 1.54) is 0 Å². The van der Waals surface area contributed by atoms with Crippen LogP contribution in [0, 0.1) is 0 Å². The van der Waals surface area contributed by atoms with Crippen LogP contribution in [0.25, 0.3) is 0 Å². The second-order valence-electron chi connectivity index (χ2n) is 6.40. The van der Waals surface area contributed by atoms with Crippen molar-refractivity contribution in [1.82, 2.24) is 5.32 Å². The van der Waals surface area contributed by atoms with Gasteiger partial charge in [-0.25, -0.2) is 4.79 Å². The Hall–Kier alpha value is -1.64. The summed E-state index contributed by atoms with van der Waals surface area (Å²) in [7, 11) is -1.66. The third-order valence-corrected chi connectivity index (χ3v) is 3.25. The lowest BCUT2D eigenvalue weighted by molar-refractivity contribution is -0.122. The van der Waals surface area contributed by atoms with E-state index in [1.54, 1.807) is 45.1 Å². The Bertz CT molecular complexity index is 484. The lowest BCUT2D eigenvalue weighted by atomic mass is 9.52. The molecule has 7 nitrogen and oxygen atoms in total. The van der Waals surface area contributed by atoms with Crippen LogP contribution in [0.1, 0.15) is 33.6 Å². The number of nitrogens with two attached hydrogens (primary N) is 1. The smallest absolute Gasteiger partial charge is 0.444 e. The normalized spacial score (nSPS) is 22.1. The molecule has 1 rings (SSSR count). The first-order valence-corrected chi connectivity index (χ1v) is 7.06. The number of alkyl carbamates (subject to hydrolysis) is 1. The molecule has 0 radical (unpaired) electrons. The Morgan fingerprint density at radius 1 is 1.41 bits per heavy atom. The molecule has 1 unspecified atom stereocenters. The highest BCUT2D eigenvalue weighted by Gasteiger charge is 2.42. The molecule has 0 fully saturated rings. The molecule has 0 aromatic heterocycles. The Morgan fingerprint density at radius 2 is 2.05 bits per heavy atom.